The smallest absolute Gasteiger partial charge is 0.242 e. The summed E-state index contributed by atoms with van der Waals surface area (Å²) in [6.45, 7) is 3.66. The van der Waals surface area contributed by atoms with Gasteiger partial charge in [-0.25, -0.2) is 13.1 Å². The molecule has 0 aromatic carbocycles. The van der Waals surface area contributed by atoms with Crippen LogP contribution in [0.3, 0.4) is 0 Å². The van der Waals surface area contributed by atoms with E-state index >= 15 is 0 Å². The Kier molecular flexibility index (Phi) is 4.06. The predicted molar refractivity (Wildman–Crippen MR) is 65.4 cm³/mol. The molecular formula is C9H14BrN3O2S. The Labute approximate surface area is 104 Å². The van der Waals surface area contributed by atoms with Gasteiger partial charge in [0.05, 0.1) is 0 Å². The summed E-state index contributed by atoms with van der Waals surface area (Å²) in [6, 6.07) is 1.48. The van der Waals surface area contributed by atoms with Gasteiger partial charge in [-0.15, -0.1) is 0 Å². The number of nitrogens with one attached hydrogen (secondary N) is 1. The average Bonchev–Trinajstić information content (AvgIpc) is 2.14. The summed E-state index contributed by atoms with van der Waals surface area (Å²) in [5.41, 5.74) is 5.11. The van der Waals surface area contributed by atoms with Crippen LogP contribution in [0.25, 0.3) is 0 Å². The Hall–Kier alpha value is -0.500. The third-order valence-corrected chi connectivity index (χ3v) is 3.51. The monoisotopic (exact) mass is 307 g/mol. The van der Waals surface area contributed by atoms with E-state index in [-0.39, 0.29) is 11.4 Å². The van der Waals surface area contributed by atoms with Crippen LogP contribution in [0.15, 0.2) is 27.8 Å². The van der Waals surface area contributed by atoms with Crippen LogP contribution in [0.2, 0.25) is 0 Å². The highest BCUT2D eigenvalue weighted by Gasteiger charge is 2.19. The first-order valence-electron chi connectivity index (χ1n) is 4.60. The molecule has 0 amide bonds. The number of hydrogen-bond donors (Lipinski definition) is 2. The molecule has 0 radical (unpaired) electrons. The summed E-state index contributed by atoms with van der Waals surface area (Å²) in [6.07, 6.45) is 2.81. The quantitative estimate of drug-likeness (QED) is 0.864. The number of nitrogens with zero attached hydrogens (tertiary/aromatic N) is 1. The second-order valence-corrected chi connectivity index (χ2v) is 6.83. The van der Waals surface area contributed by atoms with Crippen molar-refractivity contribution in [3.05, 3.63) is 22.9 Å². The number of pyridine rings is 1. The fourth-order valence-electron chi connectivity index (χ4n) is 0.904. The SMILES string of the molecule is CC(C)(N)CNS(=O)(=O)c1cncc(Br)c1. The van der Waals surface area contributed by atoms with Gasteiger partial charge in [-0.05, 0) is 35.8 Å². The van der Waals surface area contributed by atoms with Gasteiger partial charge in [-0.3, -0.25) is 4.98 Å². The van der Waals surface area contributed by atoms with Gasteiger partial charge in [0.2, 0.25) is 10.0 Å². The number of rotatable bonds is 4. The predicted octanol–water partition coefficient (Wildman–Crippen LogP) is 0.860. The van der Waals surface area contributed by atoms with E-state index in [1.165, 1.54) is 18.5 Å². The molecule has 0 bridgehead atoms. The van der Waals surface area contributed by atoms with Crippen LogP contribution in [0.4, 0.5) is 0 Å². The Balaban J connectivity index is 2.87. The molecule has 0 saturated heterocycles. The molecule has 1 heterocycles. The fraction of sp³-hybridized carbons (Fsp3) is 0.444. The number of hydrogen-bond acceptors (Lipinski definition) is 4. The molecule has 1 aromatic rings. The van der Waals surface area contributed by atoms with Crippen LogP contribution < -0.4 is 10.5 Å². The molecule has 16 heavy (non-hydrogen) atoms. The maximum atomic E-state index is 11.8. The molecule has 3 N–H and O–H groups in total. The molecule has 1 rings (SSSR count). The van der Waals surface area contributed by atoms with E-state index in [4.69, 9.17) is 5.73 Å². The molecule has 0 unspecified atom stereocenters. The first kappa shape index (κ1) is 13.6. The Morgan fingerprint density at radius 3 is 2.62 bits per heavy atom. The molecule has 1 aromatic heterocycles. The molecule has 5 nitrogen and oxygen atoms in total. The summed E-state index contributed by atoms with van der Waals surface area (Å²) in [7, 11) is -3.54. The van der Waals surface area contributed by atoms with Crippen molar-refractivity contribution < 1.29 is 8.42 Å². The van der Waals surface area contributed by atoms with Crippen molar-refractivity contribution in [1.82, 2.24) is 9.71 Å². The summed E-state index contributed by atoms with van der Waals surface area (Å²) >= 11 is 3.17. The number of nitrogens with two attached hydrogens (primary N) is 1. The lowest BCUT2D eigenvalue weighted by Crippen LogP contribution is -2.45. The summed E-state index contributed by atoms with van der Waals surface area (Å²) in [4.78, 5) is 3.91. The Bertz CT molecular complexity index is 468. The Morgan fingerprint density at radius 1 is 1.50 bits per heavy atom. The van der Waals surface area contributed by atoms with Crippen molar-refractivity contribution in [2.24, 2.45) is 5.73 Å². The van der Waals surface area contributed by atoms with Gasteiger partial charge in [0.15, 0.2) is 0 Å². The van der Waals surface area contributed by atoms with Gasteiger partial charge in [0.25, 0.3) is 0 Å². The van der Waals surface area contributed by atoms with Gasteiger partial charge < -0.3 is 5.73 Å². The van der Waals surface area contributed by atoms with E-state index in [0.717, 1.165) is 0 Å². The Morgan fingerprint density at radius 2 is 2.12 bits per heavy atom. The van der Waals surface area contributed by atoms with E-state index in [9.17, 15) is 8.42 Å². The lowest BCUT2D eigenvalue weighted by Gasteiger charge is -2.18. The van der Waals surface area contributed by atoms with E-state index in [1.54, 1.807) is 13.8 Å². The topological polar surface area (TPSA) is 85.1 Å². The third-order valence-electron chi connectivity index (χ3n) is 1.71. The average molecular weight is 308 g/mol. The van der Waals surface area contributed by atoms with Crippen molar-refractivity contribution in [3.8, 4) is 0 Å². The molecule has 90 valence electrons. The second kappa shape index (κ2) is 4.79. The van der Waals surface area contributed by atoms with E-state index in [0.29, 0.717) is 4.47 Å². The highest BCUT2D eigenvalue weighted by molar-refractivity contribution is 9.10. The van der Waals surface area contributed by atoms with Crippen molar-refractivity contribution in [2.75, 3.05) is 6.54 Å². The molecule has 0 saturated carbocycles. The lowest BCUT2D eigenvalue weighted by atomic mass is 10.1. The molecule has 0 atom stereocenters. The molecule has 7 heteroatoms. The number of halogens is 1. The van der Waals surface area contributed by atoms with Crippen LogP contribution in [-0.4, -0.2) is 25.5 Å². The molecule has 0 aliphatic rings. The highest BCUT2D eigenvalue weighted by atomic mass is 79.9. The van der Waals surface area contributed by atoms with Gasteiger partial charge in [0.1, 0.15) is 4.90 Å². The minimum Gasteiger partial charge on any atom is -0.324 e. The van der Waals surface area contributed by atoms with Crippen molar-refractivity contribution in [3.63, 3.8) is 0 Å². The molecule has 0 spiro atoms. The molecular weight excluding hydrogens is 294 g/mol. The number of aromatic nitrogens is 1. The van der Waals surface area contributed by atoms with Gasteiger partial charge in [0, 0.05) is 29.0 Å². The normalized spacial score (nSPS) is 12.8. The largest absolute Gasteiger partial charge is 0.324 e. The van der Waals surface area contributed by atoms with Crippen LogP contribution in [0.5, 0.6) is 0 Å². The molecule has 0 aliphatic heterocycles. The fourth-order valence-corrected chi connectivity index (χ4v) is 2.63. The summed E-state index contributed by atoms with van der Waals surface area (Å²) < 4.78 is 26.6. The van der Waals surface area contributed by atoms with Crippen molar-refractivity contribution in [2.45, 2.75) is 24.3 Å². The lowest BCUT2D eigenvalue weighted by molar-refractivity contribution is 0.498. The minimum absolute atomic E-state index is 0.117. The summed E-state index contributed by atoms with van der Waals surface area (Å²) in [5.74, 6) is 0. The first-order chi connectivity index (χ1) is 7.21. The number of sulfonamides is 1. The first-order valence-corrected chi connectivity index (χ1v) is 6.87. The minimum atomic E-state index is -3.54. The van der Waals surface area contributed by atoms with Gasteiger partial charge >= 0.3 is 0 Å². The van der Waals surface area contributed by atoms with Crippen molar-refractivity contribution >= 4 is 26.0 Å². The third kappa shape index (κ3) is 4.17. The standard InChI is InChI=1S/C9H14BrN3O2S/c1-9(2,11)6-13-16(14,15)8-3-7(10)4-12-5-8/h3-5,13H,6,11H2,1-2H3. The molecule has 0 fully saturated rings. The van der Waals surface area contributed by atoms with Crippen molar-refractivity contribution in [1.29, 1.82) is 0 Å². The zero-order chi connectivity index (χ0) is 12.4. The zero-order valence-corrected chi connectivity index (χ0v) is 11.5. The van der Waals surface area contributed by atoms with E-state index in [2.05, 4.69) is 25.6 Å². The van der Waals surface area contributed by atoms with Crippen LogP contribution in [0.1, 0.15) is 13.8 Å². The van der Waals surface area contributed by atoms with E-state index in [1.807, 2.05) is 0 Å². The van der Waals surface area contributed by atoms with Crippen LogP contribution in [-0.2, 0) is 10.0 Å². The highest BCUT2D eigenvalue weighted by Crippen LogP contribution is 2.14. The maximum absolute atomic E-state index is 11.8. The summed E-state index contributed by atoms with van der Waals surface area (Å²) in [5, 5.41) is 0. The van der Waals surface area contributed by atoms with E-state index < -0.39 is 15.6 Å². The van der Waals surface area contributed by atoms with Gasteiger partial charge in [-0.1, -0.05) is 0 Å². The van der Waals surface area contributed by atoms with Gasteiger partial charge in [-0.2, -0.15) is 0 Å². The maximum Gasteiger partial charge on any atom is 0.242 e. The molecule has 0 aliphatic carbocycles. The van der Waals surface area contributed by atoms with Crippen LogP contribution >= 0.6 is 15.9 Å². The van der Waals surface area contributed by atoms with Crippen LogP contribution in [0, 0.1) is 0 Å². The second-order valence-electron chi connectivity index (χ2n) is 4.15. The zero-order valence-electron chi connectivity index (χ0n) is 9.07.